The molecule has 2 heterocycles. The number of rotatable bonds is 3. The summed E-state index contributed by atoms with van der Waals surface area (Å²) in [6.45, 7) is 3.74. The number of anilines is 2. The summed E-state index contributed by atoms with van der Waals surface area (Å²) in [6, 6.07) is 3.81. The van der Waals surface area contributed by atoms with Crippen LogP contribution in [0, 0.1) is 12.8 Å². The van der Waals surface area contributed by atoms with Crippen molar-refractivity contribution < 1.29 is 4.79 Å². The molecule has 1 aromatic heterocycles. The zero-order valence-corrected chi connectivity index (χ0v) is 10.7. The summed E-state index contributed by atoms with van der Waals surface area (Å²) in [4.78, 5) is 17.6. The Morgan fingerprint density at radius 2 is 2.11 bits per heavy atom. The highest BCUT2D eigenvalue weighted by molar-refractivity contribution is 5.74. The molecular weight excluding hydrogens is 228 g/mol. The Morgan fingerprint density at radius 3 is 2.72 bits per heavy atom. The Balaban J connectivity index is 2.01. The van der Waals surface area contributed by atoms with E-state index in [1.165, 1.54) is 0 Å². The molecule has 0 radical (unpaired) electrons. The number of nitrogens with two attached hydrogens (primary N) is 2. The Hall–Kier alpha value is -1.78. The summed E-state index contributed by atoms with van der Waals surface area (Å²) in [5, 5.41) is 0. The van der Waals surface area contributed by atoms with E-state index in [-0.39, 0.29) is 5.91 Å². The van der Waals surface area contributed by atoms with Gasteiger partial charge in [0.05, 0.1) is 5.69 Å². The van der Waals surface area contributed by atoms with Crippen molar-refractivity contribution >= 4 is 17.4 Å². The van der Waals surface area contributed by atoms with Gasteiger partial charge in [0, 0.05) is 25.2 Å². The second-order valence-electron chi connectivity index (χ2n) is 4.97. The first-order chi connectivity index (χ1) is 8.56. The maximum absolute atomic E-state index is 10.9. The molecule has 18 heavy (non-hydrogen) atoms. The number of piperidine rings is 1. The number of carbonyl (C=O) groups is 1. The number of hydrogen-bond donors (Lipinski definition) is 2. The van der Waals surface area contributed by atoms with Crippen molar-refractivity contribution in [1.29, 1.82) is 0 Å². The molecule has 5 heteroatoms. The van der Waals surface area contributed by atoms with Gasteiger partial charge in [-0.05, 0) is 37.8 Å². The van der Waals surface area contributed by atoms with Crippen LogP contribution in [0.2, 0.25) is 0 Å². The topological polar surface area (TPSA) is 85.2 Å². The van der Waals surface area contributed by atoms with Gasteiger partial charge in [0.1, 0.15) is 0 Å². The van der Waals surface area contributed by atoms with Crippen molar-refractivity contribution in [1.82, 2.24) is 4.98 Å². The Morgan fingerprint density at radius 1 is 1.44 bits per heavy atom. The van der Waals surface area contributed by atoms with Gasteiger partial charge in [-0.2, -0.15) is 0 Å². The van der Waals surface area contributed by atoms with Crippen LogP contribution in [0.4, 0.5) is 11.5 Å². The smallest absolute Gasteiger partial charge is 0.217 e. The predicted octanol–water partition coefficient (Wildman–Crippen LogP) is 1.06. The minimum atomic E-state index is -0.207. The molecule has 0 unspecified atom stereocenters. The van der Waals surface area contributed by atoms with Crippen molar-refractivity contribution in [3.63, 3.8) is 0 Å². The van der Waals surface area contributed by atoms with Gasteiger partial charge in [0.25, 0.3) is 0 Å². The third-order valence-electron chi connectivity index (χ3n) is 3.45. The Labute approximate surface area is 107 Å². The van der Waals surface area contributed by atoms with E-state index in [0.717, 1.165) is 37.4 Å². The molecule has 1 aliphatic rings. The Kier molecular flexibility index (Phi) is 3.69. The number of aryl methyl sites for hydroxylation is 1. The van der Waals surface area contributed by atoms with E-state index in [0.29, 0.717) is 18.0 Å². The summed E-state index contributed by atoms with van der Waals surface area (Å²) >= 11 is 0. The minimum absolute atomic E-state index is 0.207. The van der Waals surface area contributed by atoms with Crippen molar-refractivity contribution in [2.24, 2.45) is 11.7 Å². The normalized spacial score (nSPS) is 16.8. The molecule has 4 N–H and O–H groups in total. The maximum atomic E-state index is 10.9. The monoisotopic (exact) mass is 248 g/mol. The van der Waals surface area contributed by atoms with Crippen molar-refractivity contribution in [2.75, 3.05) is 23.7 Å². The number of nitrogens with zero attached hydrogens (tertiary/aromatic N) is 2. The number of primary amides is 1. The molecule has 0 atom stereocenters. The molecule has 2 rings (SSSR count). The van der Waals surface area contributed by atoms with Gasteiger partial charge in [-0.1, -0.05) is 0 Å². The average molecular weight is 248 g/mol. The SMILES string of the molecule is Cc1ccc(N)c(N2CCC(CC(N)=O)CC2)n1. The molecular formula is C13H20N4O. The molecule has 1 amide bonds. The summed E-state index contributed by atoms with van der Waals surface area (Å²) in [5.41, 5.74) is 12.9. The lowest BCUT2D eigenvalue weighted by Crippen LogP contribution is -2.36. The van der Waals surface area contributed by atoms with Crippen LogP contribution in [0.25, 0.3) is 0 Å². The fraction of sp³-hybridized carbons (Fsp3) is 0.538. The number of aromatic nitrogens is 1. The standard InChI is InChI=1S/C13H20N4O/c1-9-2-3-11(14)13(16-9)17-6-4-10(5-7-17)8-12(15)18/h2-3,10H,4-8,14H2,1H3,(H2,15,18). The highest BCUT2D eigenvalue weighted by Gasteiger charge is 2.22. The van der Waals surface area contributed by atoms with Gasteiger partial charge in [-0.15, -0.1) is 0 Å². The van der Waals surface area contributed by atoms with E-state index in [1.54, 1.807) is 0 Å². The number of hydrogen-bond acceptors (Lipinski definition) is 4. The van der Waals surface area contributed by atoms with Gasteiger partial charge >= 0.3 is 0 Å². The molecule has 1 aromatic rings. The van der Waals surface area contributed by atoms with Crippen molar-refractivity contribution in [2.45, 2.75) is 26.2 Å². The van der Waals surface area contributed by atoms with Gasteiger partial charge in [0.15, 0.2) is 5.82 Å². The zero-order chi connectivity index (χ0) is 13.1. The number of pyridine rings is 1. The van der Waals surface area contributed by atoms with Gasteiger partial charge < -0.3 is 16.4 Å². The molecule has 0 aromatic carbocycles. The van der Waals surface area contributed by atoms with Crippen LogP contribution in [0.15, 0.2) is 12.1 Å². The first kappa shape index (κ1) is 12.7. The number of amides is 1. The maximum Gasteiger partial charge on any atom is 0.217 e. The first-order valence-electron chi connectivity index (χ1n) is 6.32. The Bertz CT molecular complexity index is 439. The van der Waals surface area contributed by atoms with Crippen LogP contribution >= 0.6 is 0 Å². The summed E-state index contributed by atoms with van der Waals surface area (Å²) in [6.07, 6.45) is 2.43. The van der Waals surface area contributed by atoms with Crippen LogP contribution in [0.5, 0.6) is 0 Å². The lowest BCUT2D eigenvalue weighted by Gasteiger charge is -2.33. The zero-order valence-electron chi connectivity index (χ0n) is 10.7. The fourth-order valence-electron chi connectivity index (χ4n) is 2.44. The number of nitrogen functional groups attached to an aromatic ring is 1. The van der Waals surface area contributed by atoms with E-state index in [2.05, 4.69) is 9.88 Å². The molecule has 0 saturated carbocycles. The second-order valence-corrected chi connectivity index (χ2v) is 4.97. The van der Waals surface area contributed by atoms with Gasteiger partial charge in [-0.25, -0.2) is 4.98 Å². The second kappa shape index (κ2) is 5.25. The quantitative estimate of drug-likeness (QED) is 0.837. The lowest BCUT2D eigenvalue weighted by molar-refractivity contribution is -0.119. The molecule has 0 spiro atoms. The molecule has 98 valence electrons. The highest BCUT2D eigenvalue weighted by atomic mass is 16.1. The van der Waals surface area contributed by atoms with Crippen molar-refractivity contribution in [3.8, 4) is 0 Å². The predicted molar refractivity (Wildman–Crippen MR) is 72.1 cm³/mol. The third-order valence-corrected chi connectivity index (χ3v) is 3.45. The molecule has 1 fully saturated rings. The molecule has 0 aliphatic carbocycles. The molecule has 1 aliphatic heterocycles. The molecule has 5 nitrogen and oxygen atoms in total. The fourth-order valence-corrected chi connectivity index (χ4v) is 2.44. The van der Waals surface area contributed by atoms with E-state index in [4.69, 9.17) is 11.5 Å². The highest BCUT2D eigenvalue weighted by Crippen LogP contribution is 2.27. The van der Waals surface area contributed by atoms with Crippen LogP contribution in [0.1, 0.15) is 25.0 Å². The summed E-state index contributed by atoms with van der Waals surface area (Å²) < 4.78 is 0. The third kappa shape index (κ3) is 2.91. The van der Waals surface area contributed by atoms with Crippen molar-refractivity contribution in [3.05, 3.63) is 17.8 Å². The van der Waals surface area contributed by atoms with E-state index in [9.17, 15) is 4.79 Å². The van der Waals surface area contributed by atoms with E-state index < -0.39 is 0 Å². The van der Waals surface area contributed by atoms with Gasteiger partial charge in [-0.3, -0.25) is 4.79 Å². The van der Waals surface area contributed by atoms with Gasteiger partial charge in [0.2, 0.25) is 5.91 Å². The van der Waals surface area contributed by atoms with Crippen LogP contribution in [-0.4, -0.2) is 24.0 Å². The first-order valence-corrected chi connectivity index (χ1v) is 6.32. The van der Waals surface area contributed by atoms with Crippen LogP contribution in [-0.2, 0) is 4.79 Å². The largest absolute Gasteiger partial charge is 0.396 e. The summed E-state index contributed by atoms with van der Waals surface area (Å²) in [7, 11) is 0. The average Bonchev–Trinajstić information content (AvgIpc) is 2.33. The molecule has 1 saturated heterocycles. The van der Waals surface area contributed by atoms with E-state index in [1.807, 2.05) is 19.1 Å². The summed E-state index contributed by atoms with van der Waals surface area (Å²) in [5.74, 6) is 1.07. The molecule has 0 bridgehead atoms. The lowest BCUT2D eigenvalue weighted by atomic mass is 9.93. The van der Waals surface area contributed by atoms with Crippen LogP contribution in [0.3, 0.4) is 0 Å². The van der Waals surface area contributed by atoms with E-state index >= 15 is 0 Å². The minimum Gasteiger partial charge on any atom is -0.396 e. The number of carbonyl (C=O) groups excluding carboxylic acids is 1. The van der Waals surface area contributed by atoms with Crippen LogP contribution < -0.4 is 16.4 Å².